The summed E-state index contributed by atoms with van der Waals surface area (Å²) in [5, 5.41) is 5.60. The van der Waals surface area contributed by atoms with Gasteiger partial charge in [-0.25, -0.2) is 12.8 Å². The van der Waals surface area contributed by atoms with Crippen molar-refractivity contribution in [3.8, 4) is 0 Å². The quantitative estimate of drug-likeness (QED) is 0.822. The first kappa shape index (κ1) is 14.9. The standard InChI is InChI=1S/C13H17FN2O3S/c1-20(18,19)10-4-5-11(14)12(8-10)16-13(17)7-9-3-2-6-15-9/h4-5,8-9,15H,2-3,6-7H2,1H3,(H,16,17). The Labute approximate surface area is 117 Å². The van der Waals surface area contributed by atoms with Crippen LogP contribution in [0.25, 0.3) is 0 Å². The van der Waals surface area contributed by atoms with Crippen LogP contribution in [0.5, 0.6) is 0 Å². The van der Waals surface area contributed by atoms with Crippen LogP contribution in [0, 0.1) is 5.82 Å². The summed E-state index contributed by atoms with van der Waals surface area (Å²) in [5.41, 5.74) is -0.101. The fourth-order valence-corrected chi connectivity index (χ4v) is 2.83. The Hall–Kier alpha value is -1.47. The lowest BCUT2D eigenvalue weighted by Crippen LogP contribution is -2.27. The van der Waals surface area contributed by atoms with Crippen LogP contribution in [0.4, 0.5) is 10.1 Å². The maximum atomic E-state index is 13.6. The number of benzene rings is 1. The summed E-state index contributed by atoms with van der Waals surface area (Å²) in [6.07, 6.45) is 3.23. The molecular formula is C13H17FN2O3S. The van der Waals surface area contributed by atoms with Crippen molar-refractivity contribution < 1.29 is 17.6 Å². The highest BCUT2D eigenvalue weighted by Gasteiger charge is 2.19. The van der Waals surface area contributed by atoms with Gasteiger partial charge in [-0.2, -0.15) is 0 Å². The lowest BCUT2D eigenvalue weighted by Gasteiger charge is -2.11. The second-order valence-electron chi connectivity index (χ2n) is 4.96. The summed E-state index contributed by atoms with van der Waals surface area (Å²) < 4.78 is 36.4. The molecule has 7 heteroatoms. The number of anilines is 1. The van der Waals surface area contributed by atoms with Crippen LogP contribution >= 0.6 is 0 Å². The average Bonchev–Trinajstić information content (AvgIpc) is 2.83. The average molecular weight is 300 g/mol. The third-order valence-electron chi connectivity index (χ3n) is 3.23. The van der Waals surface area contributed by atoms with Crippen molar-refractivity contribution in [1.82, 2.24) is 5.32 Å². The number of halogens is 1. The van der Waals surface area contributed by atoms with E-state index in [4.69, 9.17) is 0 Å². The lowest BCUT2D eigenvalue weighted by molar-refractivity contribution is -0.116. The van der Waals surface area contributed by atoms with E-state index in [2.05, 4.69) is 10.6 Å². The van der Waals surface area contributed by atoms with Crippen molar-refractivity contribution in [1.29, 1.82) is 0 Å². The molecule has 2 rings (SSSR count). The van der Waals surface area contributed by atoms with Crippen LogP contribution in [-0.2, 0) is 14.6 Å². The van der Waals surface area contributed by atoms with E-state index in [1.165, 1.54) is 6.07 Å². The summed E-state index contributed by atoms with van der Waals surface area (Å²) in [6.45, 7) is 0.885. The molecule has 0 radical (unpaired) electrons. The number of sulfone groups is 1. The van der Waals surface area contributed by atoms with Crippen molar-refractivity contribution >= 4 is 21.4 Å². The number of carbonyl (C=O) groups is 1. The Bertz CT molecular complexity index is 610. The van der Waals surface area contributed by atoms with Crippen LogP contribution in [0.15, 0.2) is 23.1 Å². The molecule has 1 unspecified atom stereocenters. The normalized spacial score (nSPS) is 19.0. The molecule has 1 aromatic carbocycles. The van der Waals surface area contributed by atoms with E-state index in [-0.39, 0.29) is 29.0 Å². The maximum absolute atomic E-state index is 13.6. The van der Waals surface area contributed by atoms with Gasteiger partial charge in [0.05, 0.1) is 10.6 Å². The highest BCUT2D eigenvalue weighted by Crippen LogP contribution is 2.20. The van der Waals surface area contributed by atoms with Gasteiger partial charge in [-0.3, -0.25) is 4.79 Å². The van der Waals surface area contributed by atoms with Crippen molar-refractivity contribution in [2.24, 2.45) is 0 Å². The van der Waals surface area contributed by atoms with E-state index in [0.717, 1.165) is 37.8 Å². The number of rotatable bonds is 4. The first-order valence-electron chi connectivity index (χ1n) is 6.39. The molecule has 0 aliphatic carbocycles. The fourth-order valence-electron chi connectivity index (χ4n) is 2.19. The molecule has 110 valence electrons. The lowest BCUT2D eigenvalue weighted by atomic mass is 10.1. The summed E-state index contributed by atoms with van der Waals surface area (Å²) in [6, 6.07) is 3.47. The summed E-state index contributed by atoms with van der Waals surface area (Å²) in [7, 11) is -3.43. The molecule has 1 aliphatic rings. The SMILES string of the molecule is CS(=O)(=O)c1ccc(F)c(NC(=O)CC2CCCN2)c1. The second-order valence-corrected chi connectivity index (χ2v) is 6.98. The highest BCUT2D eigenvalue weighted by molar-refractivity contribution is 7.90. The Kier molecular flexibility index (Phi) is 4.39. The van der Waals surface area contributed by atoms with Crippen molar-refractivity contribution in [3.63, 3.8) is 0 Å². The van der Waals surface area contributed by atoms with Gasteiger partial charge >= 0.3 is 0 Å². The van der Waals surface area contributed by atoms with Crippen LogP contribution in [0.1, 0.15) is 19.3 Å². The molecule has 0 bridgehead atoms. The Morgan fingerprint density at radius 3 is 2.85 bits per heavy atom. The molecule has 5 nitrogen and oxygen atoms in total. The fraction of sp³-hybridized carbons (Fsp3) is 0.462. The van der Waals surface area contributed by atoms with Crippen LogP contribution in [0.2, 0.25) is 0 Å². The van der Waals surface area contributed by atoms with Gasteiger partial charge in [0.15, 0.2) is 9.84 Å². The molecule has 1 heterocycles. The summed E-state index contributed by atoms with van der Waals surface area (Å²) in [5.74, 6) is -0.973. The molecule has 1 aliphatic heterocycles. The zero-order valence-corrected chi connectivity index (χ0v) is 12.0. The predicted molar refractivity (Wildman–Crippen MR) is 73.8 cm³/mol. The van der Waals surface area contributed by atoms with Crippen molar-refractivity contribution in [2.75, 3.05) is 18.1 Å². The van der Waals surface area contributed by atoms with Gasteiger partial charge in [0, 0.05) is 18.7 Å². The van der Waals surface area contributed by atoms with Gasteiger partial charge in [-0.15, -0.1) is 0 Å². The van der Waals surface area contributed by atoms with E-state index < -0.39 is 15.7 Å². The predicted octanol–water partition coefficient (Wildman–Crippen LogP) is 1.31. The number of hydrogen-bond acceptors (Lipinski definition) is 4. The van der Waals surface area contributed by atoms with E-state index in [1.807, 2.05) is 0 Å². The molecule has 0 saturated carbocycles. The molecular weight excluding hydrogens is 283 g/mol. The molecule has 20 heavy (non-hydrogen) atoms. The van der Waals surface area contributed by atoms with Gasteiger partial charge in [0.2, 0.25) is 5.91 Å². The zero-order chi connectivity index (χ0) is 14.8. The topological polar surface area (TPSA) is 75.3 Å². The Morgan fingerprint density at radius 2 is 2.25 bits per heavy atom. The highest BCUT2D eigenvalue weighted by atomic mass is 32.2. The zero-order valence-electron chi connectivity index (χ0n) is 11.1. The molecule has 1 amide bonds. The van der Waals surface area contributed by atoms with Gasteiger partial charge in [-0.1, -0.05) is 0 Å². The van der Waals surface area contributed by atoms with Crippen LogP contribution < -0.4 is 10.6 Å². The van der Waals surface area contributed by atoms with E-state index in [1.54, 1.807) is 0 Å². The number of nitrogens with one attached hydrogen (secondary N) is 2. The first-order valence-corrected chi connectivity index (χ1v) is 8.28. The van der Waals surface area contributed by atoms with Gasteiger partial charge < -0.3 is 10.6 Å². The van der Waals surface area contributed by atoms with Gasteiger partial charge in [-0.05, 0) is 37.6 Å². The van der Waals surface area contributed by atoms with Crippen molar-refractivity contribution in [2.45, 2.75) is 30.2 Å². The minimum absolute atomic E-state index is 0.0202. The minimum atomic E-state index is -3.43. The van der Waals surface area contributed by atoms with Gasteiger partial charge in [0.1, 0.15) is 5.82 Å². The summed E-state index contributed by atoms with van der Waals surface area (Å²) >= 11 is 0. The van der Waals surface area contributed by atoms with E-state index in [9.17, 15) is 17.6 Å². The van der Waals surface area contributed by atoms with Crippen LogP contribution in [-0.4, -0.2) is 33.2 Å². The summed E-state index contributed by atoms with van der Waals surface area (Å²) in [4.78, 5) is 11.8. The third kappa shape index (κ3) is 3.77. The third-order valence-corrected chi connectivity index (χ3v) is 4.34. The van der Waals surface area contributed by atoms with E-state index >= 15 is 0 Å². The number of amides is 1. The molecule has 0 aromatic heterocycles. The number of carbonyl (C=O) groups excluding carboxylic acids is 1. The monoisotopic (exact) mass is 300 g/mol. The van der Waals surface area contributed by atoms with Gasteiger partial charge in [0.25, 0.3) is 0 Å². The first-order chi connectivity index (χ1) is 9.36. The van der Waals surface area contributed by atoms with E-state index in [0.29, 0.717) is 0 Å². The molecule has 0 spiro atoms. The molecule has 1 saturated heterocycles. The largest absolute Gasteiger partial charge is 0.324 e. The second kappa shape index (κ2) is 5.88. The molecule has 1 fully saturated rings. The molecule has 1 aromatic rings. The molecule has 2 N–H and O–H groups in total. The van der Waals surface area contributed by atoms with Crippen LogP contribution in [0.3, 0.4) is 0 Å². The number of hydrogen-bond donors (Lipinski definition) is 2. The minimum Gasteiger partial charge on any atom is -0.324 e. The molecule has 1 atom stereocenters. The Morgan fingerprint density at radius 1 is 1.50 bits per heavy atom. The Balaban J connectivity index is 2.09. The smallest absolute Gasteiger partial charge is 0.226 e. The van der Waals surface area contributed by atoms with Crippen molar-refractivity contribution in [3.05, 3.63) is 24.0 Å². The maximum Gasteiger partial charge on any atom is 0.226 e.